The van der Waals surface area contributed by atoms with Crippen LogP contribution in [0.25, 0.3) is 0 Å². The lowest BCUT2D eigenvalue weighted by Gasteiger charge is -2.35. The van der Waals surface area contributed by atoms with Gasteiger partial charge >= 0.3 is 6.36 Å². The molecule has 1 fully saturated rings. The monoisotopic (exact) mass is 241 g/mol. The third kappa shape index (κ3) is 4.67. The molecule has 0 aliphatic carbocycles. The molecule has 1 rings (SSSR count). The van der Waals surface area contributed by atoms with Crippen molar-refractivity contribution >= 4 is 0 Å². The molecule has 1 heterocycles. The quantitative estimate of drug-likeness (QED) is 0.811. The summed E-state index contributed by atoms with van der Waals surface area (Å²) in [5.74, 6) is 0.166. The van der Waals surface area contributed by atoms with Gasteiger partial charge < -0.3 is 10.0 Å². The Bertz CT molecular complexity index is 211. The van der Waals surface area contributed by atoms with Crippen molar-refractivity contribution in [3.05, 3.63) is 0 Å². The zero-order valence-electron chi connectivity index (χ0n) is 9.33. The van der Waals surface area contributed by atoms with E-state index in [1.807, 2.05) is 11.8 Å². The molecule has 1 aliphatic heterocycles. The van der Waals surface area contributed by atoms with Crippen molar-refractivity contribution in [3.8, 4) is 0 Å². The lowest BCUT2D eigenvalue weighted by Crippen LogP contribution is -2.44. The second-order valence-corrected chi connectivity index (χ2v) is 4.12. The van der Waals surface area contributed by atoms with Crippen molar-refractivity contribution in [2.45, 2.75) is 32.2 Å². The molecule has 0 aromatic carbocycles. The minimum atomic E-state index is -4.54. The molecule has 0 spiro atoms. The van der Waals surface area contributed by atoms with Crippen LogP contribution in [0, 0.1) is 5.92 Å². The van der Waals surface area contributed by atoms with E-state index >= 15 is 0 Å². The predicted molar refractivity (Wildman–Crippen MR) is 52.9 cm³/mol. The minimum absolute atomic E-state index is 0.166. The molecule has 0 radical (unpaired) electrons. The Kier molecular flexibility index (Phi) is 5.01. The summed E-state index contributed by atoms with van der Waals surface area (Å²) in [6.07, 6.45) is -3.38. The van der Waals surface area contributed by atoms with Gasteiger partial charge in [-0.15, -0.1) is 13.2 Å². The van der Waals surface area contributed by atoms with Crippen LogP contribution in [0.3, 0.4) is 0 Å². The van der Waals surface area contributed by atoms with E-state index in [2.05, 4.69) is 4.74 Å². The molecule has 0 bridgehead atoms. The van der Waals surface area contributed by atoms with Crippen molar-refractivity contribution in [3.63, 3.8) is 0 Å². The van der Waals surface area contributed by atoms with E-state index in [0.29, 0.717) is 19.5 Å². The van der Waals surface area contributed by atoms with Crippen molar-refractivity contribution in [2.75, 3.05) is 26.2 Å². The Morgan fingerprint density at radius 3 is 2.69 bits per heavy atom. The molecule has 16 heavy (non-hydrogen) atoms. The van der Waals surface area contributed by atoms with Gasteiger partial charge in [-0.25, -0.2) is 0 Å². The highest BCUT2D eigenvalue weighted by molar-refractivity contribution is 4.78. The van der Waals surface area contributed by atoms with Crippen molar-refractivity contribution in [1.82, 2.24) is 4.90 Å². The zero-order valence-corrected chi connectivity index (χ0v) is 9.33. The number of aliphatic hydroxyl groups is 1. The normalized spacial score (nSPS) is 28.3. The largest absolute Gasteiger partial charge is 0.522 e. The molecule has 3 nitrogen and oxygen atoms in total. The van der Waals surface area contributed by atoms with Crippen molar-refractivity contribution < 1.29 is 23.0 Å². The zero-order chi connectivity index (χ0) is 12.2. The number of hydrogen-bond acceptors (Lipinski definition) is 3. The van der Waals surface area contributed by atoms with Gasteiger partial charge in [0.2, 0.25) is 0 Å². The molecular weight excluding hydrogens is 223 g/mol. The van der Waals surface area contributed by atoms with E-state index < -0.39 is 6.36 Å². The van der Waals surface area contributed by atoms with Gasteiger partial charge in [-0.2, -0.15) is 0 Å². The summed E-state index contributed by atoms with van der Waals surface area (Å²) in [5.41, 5.74) is 0. The second-order valence-electron chi connectivity index (χ2n) is 4.12. The van der Waals surface area contributed by atoms with E-state index in [9.17, 15) is 18.3 Å². The SMILES string of the molecule is CCC1CN(CCOC(F)(F)F)CCC1O. The van der Waals surface area contributed by atoms with Crippen LogP contribution in [0.5, 0.6) is 0 Å². The fourth-order valence-electron chi connectivity index (χ4n) is 1.99. The maximum absolute atomic E-state index is 11.7. The number of hydrogen-bond donors (Lipinski definition) is 1. The van der Waals surface area contributed by atoms with Crippen LogP contribution in [0.15, 0.2) is 0 Å². The molecule has 1 N–H and O–H groups in total. The molecule has 1 aliphatic rings. The number of aliphatic hydroxyl groups excluding tert-OH is 1. The lowest BCUT2D eigenvalue weighted by atomic mass is 9.92. The highest BCUT2D eigenvalue weighted by Crippen LogP contribution is 2.20. The first-order valence-corrected chi connectivity index (χ1v) is 5.53. The average molecular weight is 241 g/mol. The molecule has 1 saturated heterocycles. The van der Waals surface area contributed by atoms with E-state index in [4.69, 9.17) is 0 Å². The van der Waals surface area contributed by atoms with Crippen LogP contribution in [-0.4, -0.2) is 48.7 Å². The standard InChI is InChI=1S/C10H18F3NO2/c1-2-8-7-14(4-3-9(8)15)5-6-16-10(11,12)13/h8-9,15H,2-7H2,1H3. The Hall–Kier alpha value is -0.330. The van der Waals surface area contributed by atoms with Crippen LogP contribution in [-0.2, 0) is 4.74 Å². The van der Waals surface area contributed by atoms with Gasteiger partial charge in [-0.1, -0.05) is 6.92 Å². The first-order chi connectivity index (χ1) is 7.42. The van der Waals surface area contributed by atoms with Gasteiger partial charge in [0.1, 0.15) is 0 Å². The number of halogens is 3. The van der Waals surface area contributed by atoms with Crippen LogP contribution in [0.2, 0.25) is 0 Å². The van der Waals surface area contributed by atoms with Crippen LogP contribution >= 0.6 is 0 Å². The van der Waals surface area contributed by atoms with Gasteiger partial charge in [0.05, 0.1) is 12.7 Å². The molecule has 2 unspecified atom stereocenters. The summed E-state index contributed by atoms with van der Waals surface area (Å²) in [5, 5.41) is 9.60. The van der Waals surface area contributed by atoms with E-state index in [1.54, 1.807) is 0 Å². The molecule has 2 atom stereocenters. The molecular formula is C10H18F3NO2. The molecule has 96 valence electrons. The Labute approximate surface area is 93.2 Å². The number of rotatable bonds is 4. The maximum Gasteiger partial charge on any atom is 0.522 e. The predicted octanol–water partition coefficient (Wildman–Crippen LogP) is 1.62. The van der Waals surface area contributed by atoms with E-state index in [1.165, 1.54) is 0 Å². The van der Waals surface area contributed by atoms with Crippen molar-refractivity contribution in [2.24, 2.45) is 5.92 Å². The third-order valence-corrected chi connectivity index (χ3v) is 2.98. The van der Waals surface area contributed by atoms with Gasteiger partial charge in [-0.3, -0.25) is 4.74 Å². The fraction of sp³-hybridized carbons (Fsp3) is 1.00. The number of piperidine rings is 1. The average Bonchev–Trinajstić information content (AvgIpc) is 2.18. The third-order valence-electron chi connectivity index (χ3n) is 2.98. The molecule has 0 aromatic rings. The van der Waals surface area contributed by atoms with Crippen LogP contribution < -0.4 is 0 Å². The molecule has 0 amide bonds. The molecule has 0 aromatic heterocycles. The topological polar surface area (TPSA) is 32.7 Å². The van der Waals surface area contributed by atoms with E-state index in [0.717, 1.165) is 6.42 Å². The maximum atomic E-state index is 11.7. The number of nitrogens with zero attached hydrogens (tertiary/aromatic N) is 1. The lowest BCUT2D eigenvalue weighted by molar-refractivity contribution is -0.325. The first-order valence-electron chi connectivity index (χ1n) is 5.53. The number of alkyl halides is 3. The van der Waals surface area contributed by atoms with E-state index in [-0.39, 0.29) is 25.2 Å². The molecule has 0 saturated carbocycles. The summed E-state index contributed by atoms with van der Waals surface area (Å²) in [7, 11) is 0. The summed E-state index contributed by atoms with van der Waals surface area (Å²) in [4.78, 5) is 1.91. The smallest absolute Gasteiger partial charge is 0.393 e. The first kappa shape index (κ1) is 13.7. The van der Waals surface area contributed by atoms with Crippen LogP contribution in [0.1, 0.15) is 19.8 Å². The highest BCUT2D eigenvalue weighted by Gasteiger charge is 2.30. The summed E-state index contributed by atoms with van der Waals surface area (Å²) in [6, 6.07) is 0. The molecule has 6 heteroatoms. The van der Waals surface area contributed by atoms with Gasteiger partial charge in [-0.05, 0) is 18.8 Å². The van der Waals surface area contributed by atoms with Crippen LogP contribution in [0.4, 0.5) is 13.2 Å². The Morgan fingerprint density at radius 1 is 1.44 bits per heavy atom. The Morgan fingerprint density at radius 2 is 2.12 bits per heavy atom. The van der Waals surface area contributed by atoms with Crippen molar-refractivity contribution in [1.29, 1.82) is 0 Å². The summed E-state index contributed by atoms with van der Waals surface area (Å²) < 4.78 is 38.9. The summed E-state index contributed by atoms with van der Waals surface area (Å²) in [6.45, 7) is 3.19. The second kappa shape index (κ2) is 5.84. The number of likely N-dealkylation sites (tertiary alicyclic amines) is 1. The Balaban J connectivity index is 2.23. The van der Waals surface area contributed by atoms with Gasteiger partial charge in [0.25, 0.3) is 0 Å². The minimum Gasteiger partial charge on any atom is -0.393 e. The summed E-state index contributed by atoms with van der Waals surface area (Å²) >= 11 is 0. The highest BCUT2D eigenvalue weighted by atomic mass is 19.4. The fourth-order valence-corrected chi connectivity index (χ4v) is 1.99. The van der Waals surface area contributed by atoms with Gasteiger partial charge in [0, 0.05) is 19.6 Å². The number of ether oxygens (including phenoxy) is 1. The van der Waals surface area contributed by atoms with Gasteiger partial charge in [0.15, 0.2) is 0 Å².